The van der Waals surface area contributed by atoms with Crippen LogP contribution in [0.2, 0.25) is 0 Å². The highest BCUT2D eigenvalue weighted by molar-refractivity contribution is 5.79. The molecule has 3 rings (SSSR count). The average molecular weight is 310 g/mol. The Balaban J connectivity index is 1.70. The van der Waals surface area contributed by atoms with E-state index in [2.05, 4.69) is 20.4 Å². The van der Waals surface area contributed by atoms with Gasteiger partial charge in [0, 0.05) is 25.2 Å². The molecule has 0 aliphatic carbocycles. The zero-order valence-electron chi connectivity index (χ0n) is 13.4. The van der Waals surface area contributed by atoms with Gasteiger partial charge in [-0.25, -0.2) is 0 Å². The third kappa shape index (κ3) is 3.67. The summed E-state index contributed by atoms with van der Waals surface area (Å²) in [6.07, 6.45) is 1.95. The molecule has 1 N–H and O–H groups in total. The second-order valence-corrected chi connectivity index (χ2v) is 5.82. The SMILES string of the molecule is CCNC(=O)C1CCCN(c2ccc(-c3ccccc3)nn2)C1. The summed E-state index contributed by atoms with van der Waals surface area (Å²) in [5, 5.41) is 11.6. The number of nitrogens with zero attached hydrogens (tertiary/aromatic N) is 3. The molecule has 5 heteroatoms. The van der Waals surface area contributed by atoms with Crippen molar-refractivity contribution in [3.63, 3.8) is 0 Å². The van der Waals surface area contributed by atoms with Gasteiger partial charge in [0.2, 0.25) is 5.91 Å². The van der Waals surface area contributed by atoms with E-state index in [0.29, 0.717) is 13.1 Å². The van der Waals surface area contributed by atoms with Gasteiger partial charge in [0.05, 0.1) is 11.6 Å². The summed E-state index contributed by atoms with van der Waals surface area (Å²) < 4.78 is 0. The zero-order chi connectivity index (χ0) is 16.1. The van der Waals surface area contributed by atoms with Crippen molar-refractivity contribution in [2.75, 3.05) is 24.5 Å². The van der Waals surface area contributed by atoms with Gasteiger partial charge in [0.15, 0.2) is 5.82 Å². The molecule has 5 nitrogen and oxygen atoms in total. The van der Waals surface area contributed by atoms with Crippen LogP contribution in [0.4, 0.5) is 5.82 Å². The summed E-state index contributed by atoms with van der Waals surface area (Å²) in [6.45, 7) is 4.27. The molecule has 0 saturated carbocycles. The number of amides is 1. The highest BCUT2D eigenvalue weighted by atomic mass is 16.1. The second-order valence-electron chi connectivity index (χ2n) is 5.82. The molecule has 1 aliphatic rings. The lowest BCUT2D eigenvalue weighted by Crippen LogP contribution is -2.43. The van der Waals surface area contributed by atoms with Gasteiger partial charge >= 0.3 is 0 Å². The molecule has 2 aromatic rings. The van der Waals surface area contributed by atoms with Gasteiger partial charge in [-0.2, -0.15) is 0 Å². The van der Waals surface area contributed by atoms with E-state index in [9.17, 15) is 4.79 Å². The minimum atomic E-state index is 0.0410. The lowest BCUT2D eigenvalue weighted by Gasteiger charge is -2.32. The molecular weight excluding hydrogens is 288 g/mol. The van der Waals surface area contributed by atoms with Gasteiger partial charge in [-0.15, -0.1) is 10.2 Å². The highest BCUT2D eigenvalue weighted by Gasteiger charge is 2.26. The summed E-state index contributed by atoms with van der Waals surface area (Å²) in [5.41, 5.74) is 1.93. The van der Waals surface area contributed by atoms with Crippen LogP contribution in [0.15, 0.2) is 42.5 Å². The number of benzene rings is 1. The van der Waals surface area contributed by atoms with Gasteiger partial charge in [0.25, 0.3) is 0 Å². The largest absolute Gasteiger partial charge is 0.356 e. The minimum Gasteiger partial charge on any atom is -0.356 e. The van der Waals surface area contributed by atoms with E-state index in [1.165, 1.54) is 0 Å². The molecule has 0 radical (unpaired) electrons. The first-order valence-electron chi connectivity index (χ1n) is 8.19. The number of aromatic nitrogens is 2. The third-order valence-electron chi connectivity index (χ3n) is 4.19. The normalized spacial score (nSPS) is 17.8. The molecule has 1 atom stereocenters. The topological polar surface area (TPSA) is 58.1 Å². The first-order chi connectivity index (χ1) is 11.3. The Hall–Kier alpha value is -2.43. The summed E-state index contributed by atoms with van der Waals surface area (Å²) in [7, 11) is 0. The van der Waals surface area contributed by atoms with E-state index in [-0.39, 0.29) is 11.8 Å². The maximum absolute atomic E-state index is 12.0. The maximum atomic E-state index is 12.0. The van der Waals surface area contributed by atoms with E-state index < -0.39 is 0 Å². The summed E-state index contributed by atoms with van der Waals surface area (Å²) in [5.74, 6) is 1.03. The van der Waals surface area contributed by atoms with E-state index in [1.807, 2.05) is 49.4 Å². The Morgan fingerprint density at radius 1 is 1.22 bits per heavy atom. The minimum absolute atomic E-state index is 0.0410. The third-order valence-corrected chi connectivity index (χ3v) is 4.19. The van der Waals surface area contributed by atoms with Gasteiger partial charge in [-0.1, -0.05) is 30.3 Å². The first-order valence-corrected chi connectivity index (χ1v) is 8.19. The Morgan fingerprint density at radius 2 is 2.04 bits per heavy atom. The molecular formula is C18H22N4O. The van der Waals surface area contributed by atoms with Crippen LogP contribution in [-0.2, 0) is 4.79 Å². The lowest BCUT2D eigenvalue weighted by atomic mass is 9.97. The number of piperidine rings is 1. The van der Waals surface area contributed by atoms with Crippen molar-refractivity contribution in [3.8, 4) is 11.3 Å². The van der Waals surface area contributed by atoms with Crippen LogP contribution in [0, 0.1) is 5.92 Å². The van der Waals surface area contributed by atoms with Crippen LogP contribution in [0.5, 0.6) is 0 Å². The summed E-state index contributed by atoms with van der Waals surface area (Å²) in [6, 6.07) is 14.0. The standard InChI is InChI=1S/C18H22N4O/c1-2-19-18(23)15-9-6-12-22(13-15)17-11-10-16(20-21-17)14-7-4-3-5-8-14/h3-5,7-8,10-11,15H,2,6,9,12-13H2,1H3,(H,19,23). The Morgan fingerprint density at radius 3 is 2.74 bits per heavy atom. The van der Waals surface area contributed by atoms with Crippen molar-refractivity contribution in [1.82, 2.24) is 15.5 Å². The average Bonchev–Trinajstić information content (AvgIpc) is 2.63. The molecule has 1 saturated heterocycles. The quantitative estimate of drug-likeness (QED) is 0.942. The maximum Gasteiger partial charge on any atom is 0.224 e. The van der Waals surface area contributed by atoms with Crippen molar-refractivity contribution in [1.29, 1.82) is 0 Å². The molecule has 1 aromatic carbocycles. The van der Waals surface area contributed by atoms with Crippen LogP contribution in [0.25, 0.3) is 11.3 Å². The fourth-order valence-electron chi connectivity index (χ4n) is 2.97. The predicted octanol–water partition coefficient (Wildman–Crippen LogP) is 2.50. The molecule has 0 spiro atoms. The second kappa shape index (κ2) is 7.22. The van der Waals surface area contributed by atoms with Crippen molar-refractivity contribution in [3.05, 3.63) is 42.5 Å². The van der Waals surface area contributed by atoms with Gasteiger partial charge in [0.1, 0.15) is 0 Å². The number of rotatable bonds is 4. The Labute approximate surface area is 136 Å². The zero-order valence-corrected chi connectivity index (χ0v) is 13.4. The number of hydrogen-bond acceptors (Lipinski definition) is 4. The summed E-state index contributed by atoms with van der Waals surface area (Å²) >= 11 is 0. The fraction of sp³-hybridized carbons (Fsp3) is 0.389. The predicted molar refractivity (Wildman–Crippen MR) is 91.1 cm³/mol. The van der Waals surface area contributed by atoms with Crippen LogP contribution in [0.3, 0.4) is 0 Å². The molecule has 23 heavy (non-hydrogen) atoms. The van der Waals surface area contributed by atoms with Gasteiger partial charge in [-0.3, -0.25) is 4.79 Å². The molecule has 1 fully saturated rings. The van der Waals surface area contributed by atoms with Crippen LogP contribution >= 0.6 is 0 Å². The molecule has 2 heterocycles. The monoisotopic (exact) mass is 310 g/mol. The van der Waals surface area contributed by atoms with Crippen molar-refractivity contribution in [2.24, 2.45) is 5.92 Å². The number of carbonyl (C=O) groups excluding carboxylic acids is 1. The molecule has 0 bridgehead atoms. The fourth-order valence-corrected chi connectivity index (χ4v) is 2.97. The summed E-state index contributed by atoms with van der Waals surface area (Å²) in [4.78, 5) is 14.2. The first kappa shape index (κ1) is 15.5. The highest BCUT2D eigenvalue weighted by Crippen LogP contribution is 2.23. The van der Waals surface area contributed by atoms with Crippen LogP contribution in [-0.4, -0.2) is 35.7 Å². The smallest absolute Gasteiger partial charge is 0.224 e. The molecule has 1 aliphatic heterocycles. The van der Waals surface area contributed by atoms with Gasteiger partial charge in [-0.05, 0) is 31.9 Å². The van der Waals surface area contributed by atoms with E-state index in [0.717, 1.165) is 36.5 Å². The van der Waals surface area contributed by atoms with E-state index in [1.54, 1.807) is 0 Å². The van der Waals surface area contributed by atoms with Crippen LogP contribution in [0.1, 0.15) is 19.8 Å². The number of hydrogen-bond donors (Lipinski definition) is 1. The number of carbonyl (C=O) groups is 1. The van der Waals surface area contributed by atoms with Crippen molar-refractivity contribution < 1.29 is 4.79 Å². The molecule has 1 amide bonds. The molecule has 1 aromatic heterocycles. The Kier molecular flexibility index (Phi) is 4.86. The Bertz CT molecular complexity index is 642. The number of anilines is 1. The number of nitrogens with one attached hydrogen (secondary N) is 1. The van der Waals surface area contributed by atoms with Gasteiger partial charge < -0.3 is 10.2 Å². The van der Waals surface area contributed by atoms with Crippen molar-refractivity contribution in [2.45, 2.75) is 19.8 Å². The molecule has 1 unspecified atom stereocenters. The van der Waals surface area contributed by atoms with Crippen LogP contribution < -0.4 is 10.2 Å². The van der Waals surface area contributed by atoms with Crippen molar-refractivity contribution >= 4 is 11.7 Å². The van der Waals surface area contributed by atoms with E-state index >= 15 is 0 Å². The van der Waals surface area contributed by atoms with E-state index in [4.69, 9.17) is 0 Å². The lowest BCUT2D eigenvalue weighted by molar-refractivity contribution is -0.125. The molecule has 120 valence electrons.